The van der Waals surface area contributed by atoms with Crippen LogP contribution in [0.25, 0.3) is 0 Å². The molecule has 4 nitrogen and oxygen atoms in total. The van der Waals surface area contributed by atoms with Crippen LogP contribution in [-0.4, -0.2) is 11.6 Å². The first-order valence-electron chi connectivity index (χ1n) is 6.61. The highest BCUT2D eigenvalue weighted by Crippen LogP contribution is 2.09. The maximum absolute atomic E-state index is 5.49. The van der Waals surface area contributed by atoms with Crippen LogP contribution in [0.3, 0.4) is 0 Å². The Hall–Kier alpha value is -1.81. The van der Waals surface area contributed by atoms with Crippen molar-refractivity contribution < 1.29 is 9.15 Å². The van der Waals surface area contributed by atoms with E-state index in [4.69, 9.17) is 9.15 Å². The van der Waals surface area contributed by atoms with Gasteiger partial charge in [-0.15, -0.1) is 0 Å². The van der Waals surface area contributed by atoms with E-state index in [9.17, 15) is 0 Å². The summed E-state index contributed by atoms with van der Waals surface area (Å²) in [5.74, 6) is 2.58. The molecule has 2 aromatic heterocycles. The number of rotatable bonds is 7. The topological polar surface area (TPSA) is 47.3 Å². The molecule has 0 aliphatic heterocycles. The van der Waals surface area contributed by atoms with Gasteiger partial charge in [-0.05, 0) is 31.0 Å². The summed E-state index contributed by atoms with van der Waals surface area (Å²) in [7, 11) is 0. The van der Waals surface area contributed by atoms with Gasteiger partial charge in [-0.1, -0.05) is 13.0 Å². The van der Waals surface area contributed by atoms with Crippen molar-refractivity contribution in [3.8, 4) is 5.88 Å². The minimum Gasteiger partial charge on any atom is -0.478 e. The Labute approximate surface area is 113 Å². The van der Waals surface area contributed by atoms with E-state index in [1.165, 1.54) is 0 Å². The standard InChI is InChI=1S/C15H20N2O2/c1-3-8-18-15-7-5-13(10-17-15)9-16-11-14-6-4-12(2)19-14/h4-7,10,16H,3,8-9,11H2,1-2H3. The van der Waals surface area contributed by atoms with E-state index >= 15 is 0 Å². The number of nitrogens with one attached hydrogen (secondary N) is 1. The number of furan rings is 1. The molecule has 4 heteroatoms. The predicted octanol–water partition coefficient (Wildman–Crippen LogP) is 3.06. The van der Waals surface area contributed by atoms with Gasteiger partial charge in [0.25, 0.3) is 0 Å². The van der Waals surface area contributed by atoms with Gasteiger partial charge in [0.15, 0.2) is 0 Å². The molecule has 2 rings (SSSR count). The lowest BCUT2D eigenvalue weighted by Gasteiger charge is -2.05. The summed E-state index contributed by atoms with van der Waals surface area (Å²) in [6, 6.07) is 7.89. The van der Waals surface area contributed by atoms with E-state index in [1.54, 1.807) is 0 Å². The number of pyridine rings is 1. The molecule has 0 saturated heterocycles. The maximum Gasteiger partial charge on any atom is 0.213 e. The quantitative estimate of drug-likeness (QED) is 0.831. The molecule has 0 aliphatic carbocycles. The summed E-state index contributed by atoms with van der Waals surface area (Å²) < 4.78 is 10.9. The van der Waals surface area contributed by atoms with Crippen LogP contribution in [0.1, 0.15) is 30.4 Å². The fourth-order valence-corrected chi connectivity index (χ4v) is 1.72. The predicted molar refractivity (Wildman–Crippen MR) is 74.0 cm³/mol. The average molecular weight is 260 g/mol. The third-order valence-corrected chi connectivity index (χ3v) is 2.68. The van der Waals surface area contributed by atoms with Gasteiger partial charge in [0.1, 0.15) is 11.5 Å². The summed E-state index contributed by atoms with van der Waals surface area (Å²) in [6.45, 7) is 6.22. The Bertz CT molecular complexity index is 491. The van der Waals surface area contributed by atoms with Gasteiger partial charge in [0.2, 0.25) is 5.88 Å². The van der Waals surface area contributed by atoms with E-state index < -0.39 is 0 Å². The average Bonchev–Trinajstić information content (AvgIpc) is 2.84. The van der Waals surface area contributed by atoms with Crippen LogP contribution >= 0.6 is 0 Å². The molecule has 0 spiro atoms. The van der Waals surface area contributed by atoms with Crippen LogP contribution in [0.2, 0.25) is 0 Å². The van der Waals surface area contributed by atoms with E-state index in [0.29, 0.717) is 12.5 Å². The molecule has 19 heavy (non-hydrogen) atoms. The van der Waals surface area contributed by atoms with Crippen molar-refractivity contribution in [1.82, 2.24) is 10.3 Å². The van der Waals surface area contributed by atoms with Crippen LogP contribution < -0.4 is 10.1 Å². The van der Waals surface area contributed by atoms with Crippen molar-refractivity contribution in [1.29, 1.82) is 0 Å². The number of hydrogen-bond donors (Lipinski definition) is 1. The molecular weight excluding hydrogens is 240 g/mol. The van der Waals surface area contributed by atoms with Crippen molar-refractivity contribution in [3.05, 3.63) is 47.5 Å². The van der Waals surface area contributed by atoms with Gasteiger partial charge in [0.05, 0.1) is 13.2 Å². The highest BCUT2D eigenvalue weighted by molar-refractivity contribution is 5.17. The third-order valence-electron chi connectivity index (χ3n) is 2.68. The van der Waals surface area contributed by atoms with Crippen molar-refractivity contribution in [2.45, 2.75) is 33.4 Å². The van der Waals surface area contributed by atoms with Gasteiger partial charge >= 0.3 is 0 Å². The zero-order valence-electron chi connectivity index (χ0n) is 11.5. The molecule has 0 aliphatic rings. The molecule has 0 aromatic carbocycles. The lowest BCUT2D eigenvalue weighted by molar-refractivity contribution is 0.305. The molecule has 2 heterocycles. The monoisotopic (exact) mass is 260 g/mol. The number of ether oxygens (including phenoxy) is 1. The Balaban J connectivity index is 1.76. The molecule has 0 saturated carbocycles. The van der Waals surface area contributed by atoms with Gasteiger partial charge in [0, 0.05) is 18.8 Å². The molecular formula is C15H20N2O2. The zero-order chi connectivity index (χ0) is 13.5. The van der Waals surface area contributed by atoms with E-state index in [0.717, 1.165) is 36.6 Å². The SMILES string of the molecule is CCCOc1ccc(CNCc2ccc(C)o2)cn1. The fraction of sp³-hybridized carbons (Fsp3) is 0.400. The van der Waals surface area contributed by atoms with Crippen molar-refractivity contribution >= 4 is 0 Å². The first-order chi connectivity index (χ1) is 9.28. The van der Waals surface area contributed by atoms with Crippen molar-refractivity contribution in [3.63, 3.8) is 0 Å². The van der Waals surface area contributed by atoms with Gasteiger partial charge in [-0.25, -0.2) is 4.98 Å². The van der Waals surface area contributed by atoms with Crippen molar-refractivity contribution in [2.75, 3.05) is 6.61 Å². The Morgan fingerprint density at radius 1 is 1.21 bits per heavy atom. The second-order valence-electron chi connectivity index (χ2n) is 4.47. The van der Waals surface area contributed by atoms with Crippen LogP contribution in [0.4, 0.5) is 0 Å². The fourth-order valence-electron chi connectivity index (χ4n) is 1.72. The first-order valence-corrected chi connectivity index (χ1v) is 6.61. The lowest BCUT2D eigenvalue weighted by atomic mass is 10.3. The van der Waals surface area contributed by atoms with Crippen LogP contribution in [0.15, 0.2) is 34.9 Å². The van der Waals surface area contributed by atoms with E-state index in [1.807, 2.05) is 37.4 Å². The molecule has 0 fully saturated rings. The van der Waals surface area contributed by atoms with Gasteiger partial charge < -0.3 is 14.5 Å². The minimum atomic E-state index is 0.687. The zero-order valence-corrected chi connectivity index (χ0v) is 11.5. The molecule has 102 valence electrons. The minimum absolute atomic E-state index is 0.687. The molecule has 0 amide bonds. The second kappa shape index (κ2) is 6.95. The number of hydrogen-bond acceptors (Lipinski definition) is 4. The number of aromatic nitrogens is 1. The second-order valence-corrected chi connectivity index (χ2v) is 4.47. The van der Waals surface area contributed by atoms with Crippen molar-refractivity contribution in [2.24, 2.45) is 0 Å². The first kappa shape index (κ1) is 13.6. The van der Waals surface area contributed by atoms with Gasteiger partial charge in [-0.2, -0.15) is 0 Å². The lowest BCUT2D eigenvalue weighted by Crippen LogP contribution is -2.12. The summed E-state index contributed by atoms with van der Waals surface area (Å²) in [5, 5.41) is 3.32. The normalized spacial score (nSPS) is 10.6. The van der Waals surface area contributed by atoms with Crippen LogP contribution in [-0.2, 0) is 13.1 Å². The molecule has 0 unspecified atom stereocenters. The smallest absolute Gasteiger partial charge is 0.213 e. The number of nitrogens with zero attached hydrogens (tertiary/aromatic N) is 1. The number of aryl methyl sites for hydroxylation is 1. The highest BCUT2D eigenvalue weighted by atomic mass is 16.5. The van der Waals surface area contributed by atoms with E-state index in [2.05, 4.69) is 17.2 Å². The maximum atomic E-state index is 5.49. The van der Waals surface area contributed by atoms with Gasteiger partial charge in [-0.3, -0.25) is 0 Å². The van der Waals surface area contributed by atoms with Crippen LogP contribution in [0.5, 0.6) is 5.88 Å². The van der Waals surface area contributed by atoms with Crippen LogP contribution in [0, 0.1) is 6.92 Å². The third kappa shape index (κ3) is 4.41. The molecule has 1 N–H and O–H groups in total. The molecule has 0 radical (unpaired) electrons. The summed E-state index contributed by atoms with van der Waals surface area (Å²) in [6.07, 6.45) is 2.83. The molecule has 2 aromatic rings. The summed E-state index contributed by atoms with van der Waals surface area (Å²) >= 11 is 0. The Morgan fingerprint density at radius 2 is 2.11 bits per heavy atom. The largest absolute Gasteiger partial charge is 0.478 e. The summed E-state index contributed by atoms with van der Waals surface area (Å²) in [5.41, 5.74) is 1.13. The summed E-state index contributed by atoms with van der Waals surface area (Å²) in [4.78, 5) is 4.26. The highest BCUT2D eigenvalue weighted by Gasteiger charge is 1.99. The Kier molecular flexibility index (Phi) is 4.98. The van der Waals surface area contributed by atoms with E-state index in [-0.39, 0.29) is 0 Å². The Morgan fingerprint density at radius 3 is 2.74 bits per heavy atom. The molecule has 0 bridgehead atoms. The molecule has 0 atom stereocenters.